The Hall–Kier alpha value is -2.07. The fourth-order valence-electron chi connectivity index (χ4n) is 2.21. The van der Waals surface area contributed by atoms with Crippen LogP contribution in [-0.2, 0) is 11.3 Å². The lowest BCUT2D eigenvalue weighted by molar-refractivity contribution is 0.0655. The van der Waals surface area contributed by atoms with Crippen molar-refractivity contribution in [3.05, 3.63) is 35.4 Å². The van der Waals surface area contributed by atoms with Crippen molar-refractivity contribution in [2.75, 3.05) is 6.61 Å². The Bertz CT molecular complexity index is 631. The quantitative estimate of drug-likeness (QED) is 0.679. The average molecular weight is 230 g/mol. The van der Waals surface area contributed by atoms with Gasteiger partial charge in [-0.05, 0) is 0 Å². The molecule has 4 heteroatoms. The molecule has 1 aliphatic heterocycles. The topological polar surface area (TPSA) is 66.8 Å². The molecular formula is C13H10O4. The van der Waals surface area contributed by atoms with E-state index in [0.717, 1.165) is 0 Å². The second-order valence-electron chi connectivity index (χ2n) is 4.01. The van der Waals surface area contributed by atoms with Crippen LogP contribution in [0.5, 0.6) is 11.5 Å². The Labute approximate surface area is 97.1 Å². The van der Waals surface area contributed by atoms with Crippen LogP contribution in [0.1, 0.15) is 15.9 Å². The number of phenols is 2. The van der Waals surface area contributed by atoms with Gasteiger partial charge in [-0.15, -0.1) is 0 Å². The molecule has 0 saturated carbocycles. The summed E-state index contributed by atoms with van der Waals surface area (Å²) < 4.78 is 5.07. The van der Waals surface area contributed by atoms with Crippen molar-refractivity contribution < 1.29 is 19.7 Å². The van der Waals surface area contributed by atoms with Gasteiger partial charge in [0.15, 0.2) is 5.78 Å². The lowest BCUT2D eigenvalue weighted by atomic mass is 9.94. The minimum Gasteiger partial charge on any atom is -0.507 e. The summed E-state index contributed by atoms with van der Waals surface area (Å²) in [6.07, 6.45) is 0. The van der Waals surface area contributed by atoms with Gasteiger partial charge in [0.05, 0.1) is 12.2 Å². The first kappa shape index (κ1) is 10.1. The summed E-state index contributed by atoms with van der Waals surface area (Å²) in [6.45, 7) is 0.0869. The number of ether oxygens (including phenoxy) is 1. The minimum absolute atomic E-state index is 0.0152. The van der Waals surface area contributed by atoms with Crippen molar-refractivity contribution in [1.29, 1.82) is 0 Å². The lowest BCUT2D eigenvalue weighted by Crippen LogP contribution is -2.18. The maximum absolute atomic E-state index is 11.7. The molecule has 0 unspecified atom stereocenters. The van der Waals surface area contributed by atoms with E-state index in [1.54, 1.807) is 24.3 Å². The van der Waals surface area contributed by atoms with Crippen LogP contribution in [0.3, 0.4) is 0 Å². The number of rotatable bonds is 0. The van der Waals surface area contributed by atoms with Crippen molar-refractivity contribution >= 4 is 16.6 Å². The van der Waals surface area contributed by atoms with Gasteiger partial charge in [-0.3, -0.25) is 4.79 Å². The van der Waals surface area contributed by atoms with Crippen molar-refractivity contribution in [2.24, 2.45) is 0 Å². The van der Waals surface area contributed by atoms with Gasteiger partial charge in [0.25, 0.3) is 0 Å². The van der Waals surface area contributed by atoms with Crippen LogP contribution in [0.4, 0.5) is 0 Å². The van der Waals surface area contributed by atoms with E-state index < -0.39 is 0 Å². The van der Waals surface area contributed by atoms with Gasteiger partial charge in [-0.1, -0.05) is 24.3 Å². The van der Waals surface area contributed by atoms with E-state index in [2.05, 4.69) is 0 Å². The number of benzene rings is 2. The SMILES string of the molecule is O=C1COCc2c1c(O)c1ccccc1c2O. The maximum atomic E-state index is 11.7. The third-order valence-corrected chi connectivity index (χ3v) is 3.02. The number of carbonyl (C=O) groups is 1. The minimum atomic E-state index is -0.301. The first-order chi connectivity index (χ1) is 8.20. The van der Waals surface area contributed by atoms with Gasteiger partial charge >= 0.3 is 0 Å². The molecule has 0 aromatic heterocycles. The number of hydrogen-bond donors (Lipinski definition) is 2. The number of phenolic OH excluding ortho intramolecular Hbond substituents is 2. The van der Waals surface area contributed by atoms with Crippen molar-refractivity contribution in [2.45, 2.75) is 6.61 Å². The monoisotopic (exact) mass is 230 g/mol. The van der Waals surface area contributed by atoms with Crippen LogP contribution in [0.15, 0.2) is 24.3 Å². The van der Waals surface area contributed by atoms with E-state index in [1.807, 2.05) is 0 Å². The first-order valence-electron chi connectivity index (χ1n) is 5.26. The molecule has 2 N–H and O–H groups in total. The van der Waals surface area contributed by atoms with E-state index in [1.165, 1.54) is 0 Å². The average Bonchev–Trinajstić information content (AvgIpc) is 2.36. The summed E-state index contributed by atoms with van der Waals surface area (Å²) in [6, 6.07) is 6.88. The Kier molecular flexibility index (Phi) is 2.06. The van der Waals surface area contributed by atoms with Crippen LogP contribution >= 0.6 is 0 Å². The first-order valence-corrected chi connectivity index (χ1v) is 5.26. The Morgan fingerprint density at radius 2 is 1.65 bits per heavy atom. The zero-order chi connectivity index (χ0) is 12.0. The maximum Gasteiger partial charge on any atom is 0.192 e. The van der Waals surface area contributed by atoms with E-state index >= 15 is 0 Å². The van der Waals surface area contributed by atoms with Crippen molar-refractivity contribution in [3.63, 3.8) is 0 Å². The fraction of sp³-hybridized carbons (Fsp3) is 0.154. The van der Waals surface area contributed by atoms with Gasteiger partial charge in [-0.2, -0.15) is 0 Å². The van der Waals surface area contributed by atoms with Crippen LogP contribution < -0.4 is 0 Å². The summed E-state index contributed by atoms with van der Waals surface area (Å²) >= 11 is 0. The predicted molar refractivity (Wildman–Crippen MR) is 61.3 cm³/mol. The molecule has 0 radical (unpaired) electrons. The molecule has 0 fully saturated rings. The van der Waals surface area contributed by atoms with Gasteiger partial charge < -0.3 is 14.9 Å². The number of Topliss-reactive ketones (excluding diaryl/α,β-unsaturated/α-hetero) is 1. The smallest absolute Gasteiger partial charge is 0.192 e. The molecule has 1 aliphatic rings. The predicted octanol–water partition coefficient (Wildman–Crippen LogP) is 1.96. The molecule has 0 amide bonds. The fourth-order valence-corrected chi connectivity index (χ4v) is 2.21. The zero-order valence-corrected chi connectivity index (χ0v) is 8.93. The lowest BCUT2D eigenvalue weighted by Gasteiger charge is -2.19. The van der Waals surface area contributed by atoms with E-state index in [4.69, 9.17) is 4.74 Å². The van der Waals surface area contributed by atoms with Crippen LogP contribution in [0.2, 0.25) is 0 Å². The second-order valence-corrected chi connectivity index (χ2v) is 4.01. The molecule has 2 aromatic rings. The second kappa shape index (κ2) is 3.46. The highest BCUT2D eigenvalue weighted by Crippen LogP contribution is 2.41. The summed E-state index contributed by atoms with van der Waals surface area (Å²) in [4.78, 5) is 11.7. The Morgan fingerprint density at radius 3 is 2.35 bits per heavy atom. The molecule has 3 rings (SSSR count). The molecule has 0 aliphatic carbocycles. The number of carbonyl (C=O) groups excluding carboxylic acids is 1. The molecule has 86 valence electrons. The Balaban J connectivity index is 2.48. The molecular weight excluding hydrogens is 220 g/mol. The van der Waals surface area contributed by atoms with Gasteiger partial charge in [0.1, 0.15) is 18.1 Å². The van der Waals surface area contributed by atoms with Gasteiger partial charge in [0.2, 0.25) is 0 Å². The van der Waals surface area contributed by atoms with E-state index in [-0.39, 0.29) is 36.1 Å². The van der Waals surface area contributed by atoms with Crippen molar-refractivity contribution in [3.8, 4) is 11.5 Å². The highest BCUT2D eigenvalue weighted by molar-refractivity contribution is 6.09. The van der Waals surface area contributed by atoms with E-state index in [0.29, 0.717) is 16.3 Å². The molecule has 2 aromatic carbocycles. The summed E-state index contributed by atoms with van der Waals surface area (Å²) in [7, 11) is 0. The number of aromatic hydroxyl groups is 2. The third-order valence-electron chi connectivity index (χ3n) is 3.02. The van der Waals surface area contributed by atoms with E-state index in [9.17, 15) is 15.0 Å². The van der Waals surface area contributed by atoms with Crippen LogP contribution in [0.25, 0.3) is 10.8 Å². The molecule has 17 heavy (non-hydrogen) atoms. The normalized spacial score (nSPS) is 14.9. The zero-order valence-electron chi connectivity index (χ0n) is 8.93. The molecule has 0 saturated heterocycles. The largest absolute Gasteiger partial charge is 0.507 e. The molecule has 0 atom stereocenters. The number of fused-ring (bicyclic) bond motifs is 2. The number of ketones is 1. The van der Waals surface area contributed by atoms with Gasteiger partial charge in [0, 0.05) is 16.3 Å². The summed E-state index contributed by atoms with van der Waals surface area (Å²) in [5.41, 5.74) is 0.560. The highest BCUT2D eigenvalue weighted by atomic mass is 16.5. The standard InChI is InChI=1S/C13H10O4/c14-10-6-17-5-9-11(10)13(16)8-4-2-1-3-7(8)12(9)15/h1-4,15-16H,5-6H2. The Morgan fingerprint density at radius 1 is 1.00 bits per heavy atom. The summed E-state index contributed by atoms with van der Waals surface area (Å²) in [5, 5.41) is 21.2. The summed E-state index contributed by atoms with van der Waals surface area (Å²) in [5.74, 6) is -0.354. The molecule has 1 heterocycles. The molecule has 4 nitrogen and oxygen atoms in total. The van der Waals surface area contributed by atoms with Crippen molar-refractivity contribution in [1.82, 2.24) is 0 Å². The van der Waals surface area contributed by atoms with Crippen LogP contribution in [-0.4, -0.2) is 22.6 Å². The molecule has 0 spiro atoms. The van der Waals surface area contributed by atoms with Crippen LogP contribution in [0, 0.1) is 0 Å². The molecule has 0 bridgehead atoms. The highest BCUT2D eigenvalue weighted by Gasteiger charge is 2.27. The number of hydrogen-bond acceptors (Lipinski definition) is 4. The van der Waals surface area contributed by atoms with Gasteiger partial charge in [-0.25, -0.2) is 0 Å². The third kappa shape index (κ3) is 1.31.